The van der Waals surface area contributed by atoms with Crippen molar-refractivity contribution in [2.75, 3.05) is 44.0 Å². The van der Waals surface area contributed by atoms with Crippen molar-refractivity contribution in [2.45, 2.75) is 31.7 Å². The van der Waals surface area contributed by atoms with E-state index in [-0.39, 0.29) is 42.1 Å². The number of ether oxygens (including phenoxy) is 2. The third kappa shape index (κ3) is 9.20. The fourth-order valence-corrected chi connectivity index (χ4v) is 8.59. The minimum Gasteiger partial charge on any atom is -0.388 e. The van der Waals surface area contributed by atoms with Crippen molar-refractivity contribution in [1.29, 1.82) is 0 Å². The zero-order chi connectivity index (χ0) is 44.8. The SMILES string of the molecule is CC(C)C(=O)Nc1nc(OC(=O)N(c2ccccc2)c2ccccc2)c2ncn([C@H]3CN(C(c4ccccc4)(c4ccccc4)c4ccccc4)C[C@@H](COP(=O)(Cl)N(C)C)O3)c2n1. The number of halogens is 1. The third-order valence-electron chi connectivity index (χ3n) is 11.0. The highest BCUT2D eigenvalue weighted by Gasteiger charge is 2.47. The topological polar surface area (TPSA) is 144 Å². The number of aromatic nitrogens is 4. The van der Waals surface area contributed by atoms with Crippen LogP contribution in [0.25, 0.3) is 11.2 Å². The van der Waals surface area contributed by atoms with Crippen LogP contribution in [0, 0.1) is 5.92 Å². The Morgan fingerprint density at radius 3 is 1.78 bits per heavy atom. The molecule has 5 aromatic carbocycles. The van der Waals surface area contributed by atoms with Gasteiger partial charge in [0.25, 0.3) is 5.88 Å². The first-order valence-corrected chi connectivity index (χ1v) is 23.3. The fraction of sp³-hybridized carbons (Fsp3) is 0.229. The quantitative estimate of drug-likeness (QED) is 0.0823. The van der Waals surface area contributed by atoms with Crippen LogP contribution in [0.1, 0.15) is 36.8 Å². The second kappa shape index (κ2) is 19.2. The summed E-state index contributed by atoms with van der Waals surface area (Å²) in [5.41, 5.74) is 3.57. The normalized spacial score (nSPS) is 16.7. The number of fused-ring (bicyclic) bond motifs is 1. The van der Waals surface area contributed by atoms with Crippen molar-refractivity contribution in [1.82, 2.24) is 29.1 Å². The van der Waals surface area contributed by atoms with Crippen molar-refractivity contribution in [3.63, 3.8) is 0 Å². The summed E-state index contributed by atoms with van der Waals surface area (Å²) in [4.78, 5) is 45.3. The Kier molecular flexibility index (Phi) is 13.3. The molecule has 328 valence electrons. The molecular formula is C48H48ClN8O6P. The van der Waals surface area contributed by atoms with Crippen molar-refractivity contribution in [2.24, 2.45) is 5.92 Å². The molecule has 7 aromatic rings. The molecule has 1 saturated heterocycles. The van der Waals surface area contributed by atoms with Gasteiger partial charge in [-0.15, -0.1) is 0 Å². The molecule has 1 N–H and O–H groups in total. The minimum atomic E-state index is -3.71. The summed E-state index contributed by atoms with van der Waals surface area (Å²) < 4.78 is 35.4. The molecule has 1 unspecified atom stereocenters. The summed E-state index contributed by atoms with van der Waals surface area (Å²) in [6, 6.07) is 48.8. The van der Waals surface area contributed by atoms with Crippen LogP contribution < -0.4 is 15.0 Å². The molecule has 0 aliphatic carbocycles. The van der Waals surface area contributed by atoms with Gasteiger partial charge in [-0.1, -0.05) is 141 Å². The van der Waals surface area contributed by atoms with Gasteiger partial charge in [0.05, 0.1) is 36.0 Å². The maximum absolute atomic E-state index is 14.3. The Balaban J connectivity index is 1.27. The van der Waals surface area contributed by atoms with Gasteiger partial charge in [-0.05, 0) is 66.3 Å². The molecule has 64 heavy (non-hydrogen) atoms. The van der Waals surface area contributed by atoms with Crippen LogP contribution in [0.3, 0.4) is 0 Å². The number of para-hydroxylation sites is 2. The smallest absolute Gasteiger partial charge is 0.388 e. The van der Waals surface area contributed by atoms with Crippen LogP contribution in [0.15, 0.2) is 158 Å². The number of morpholine rings is 1. The average molecular weight is 899 g/mol. The van der Waals surface area contributed by atoms with E-state index in [9.17, 15) is 14.2 Å². The molecule has 1 aliphatic rings. The van der Waals surface area contributed by atoms with Crippen molar-refractivity contribution in [3.05, 3.63) is 175 Å². The molecule has 14 nitrogen and oxygen atoms in total. The first-order valence-electron chi connectivity index (χ1n) is 20.8. The highest BCUT2D eigenvalue weighted by atomic mass is 35.7. The Morgan fingerprint density at radius 1 is 0.797 bits per heavy atom. The predicted molar refractivity (Wildman–Crippen MR) is 248 cm³/mol. The predicted octanol–water partition coefficient (Wildman–Crippen LogP) is 9.87. The number of carbonyl (C=O) groups is 2. The number of anilines is 3. The highest BCUT2D eigenvalue weighted by Crippen LogP contribution is 2.54. The van der Waals surface area contributed by atoms with E-state index in [4.69, 9.17) is 35.2 Å². The maximum Gasteiger partial charge on any atom is 0.425 e. The summed E-state index contributed by atoms with van der Waals surface area (Å²) in [6.45, 7) is 0.228. The molecule has 1 aliphatic heterocycles. The number of imidazole rings is 1. The second-order valence-corrected chi connectivity index (χ2v) is 19.0. The molecule has 0 spiro atoms. The Hall–Kier alpha value is -6.25. The highest BCUT2D eigenvalue weighted by molar-refractivity contribution is 7.83. The lowest BCUT2D eigenvalue weighted by Gasteiger charge is -2.50. The molecule has 3 heterocycles. The van der Waals surface area contributed by atoms with Gasteiger partial charge >= 0.3 is 13.0 Å². The molecule has 2 amide bonds. The van der Waals surface area contributed by atoms with Crippen molar-refractivity contribution < 1.29 is 28.2 Å². The van der Waals surface area contributed by atoms with E-state index >= 15 is 0 Å². The first kappa shape index (κ1) is 44.4. The lowest BCUT2D eigenvalue weighted by Crippen LogP contribution is -2.57. The molecule has 3 atom stereocenters. The van der Waals surface area contributed by atoms with E-state index in [0.717, 1.165) is 16.7 Å². The molecule has 0 radical (unpaired) electrons. The summed E-state index contributed by atoms with van der Waals surface area (Å²) >= 11 is 6.44. The van der Waals surface area contributed by atoms with E-state index in [1.54, 1.807) is 63.1 Å². The van der Waals surface area contributed by atoms with Gasteiger partial charge < -0.3 is 14.0 Å². The lowest BCUT2D eigenvalue weighted by molar-refractivity contribution is -0.145. The molecule has 16 heteroatoms. The van der Waals surface area contributed by atoms with Crippen LogP contribution >= 0.6 is 18.1 Å². The zero-order valence-corrected chi connectivity index (χ0v) is 37.4. The van der Waals surface area contributed by atoms with E-state index in [1.165, 1.54) is 9.57 Å². The number of nitrogens with zero attached hydrogens (tertiary/aromatic N) is 7. The van der Waals surface area contributed by atoms with Crippen molar-refractivity contribution in [3.8, 4) is 5.88 Å². The van der Waals surface area contributed by atoms with Crippen LogP contribution in [-0.4, -0.2) is 81.0 Å². The number of hydrogen-bond acceptors (Lipinski definition) is 10. The third-order valence-corrected chi connectivity index (χ3v) is 13.6. The van der Waals surface area contributed by atoms with Gasteiger partial charge in [-0.2, -0.15) is 9.97 Å². The molecular weight excluding hydrogens is 851 g/mol. The van der Waals surface area contributed by atoms with E-state index in [0.29, 0.717) is 17.9 Å². The summed E-state index contributed by atoms with van der Waals surface area (Å²) in [5.74, 6) is -1.05. The fourth-order valence-electron chi connectivity index (χ4n) is 7.84. The maximum atomic E-state index is 14.3. The zero-order valence-electron chi connectivity index (χ0n) is 35.8. The Labute approximate surface area is 376 Å². The van der Waals surface area contributed by atoms with Gasteiger partial charge in [-0.3, -0.25) is 24.1 Å². The van der Waals surface area contributed by atoms with E-state index < -0.39 is 36.8 Å². The Morgan fingerprint density at radius 2 is 1.30 bits per heavy atom. The average Bonchev–Trinajstić information content (AvgIpc) is 3.75. The number of amides is 2. The molecule has 8 rings (SSSR count). The first-order chi connectivity index (χ1) is 31.0. The lowest BCUT2D eigenvalue weighted by atomic mass is 9.75. The van der Waals surface area contributed by atoms with Crippen LogP contribution in [0.4, 0.5) is 22.1 Å². The van der Waals surface area contributed by atoms with E-state index in [1.807, 2.05) is 91.0 Å². The van der Waals surface area contributed by atoms with Gasteiger partial charge in [-0.25, -0.2) is 19.3 Å². The number of nitrogens with one attached hydrogen (secondary N) is 1. The van der Waals surface area contributed by atoms with Crippen molar-refractivity contribution >= 4 is 58.6 Å². The summed E-state index contributed by atoms with van der Waals surface area (Å²) in [5, 5.41) is 2.78. The number of benzene rings is 5. The summed E-state index contributed by atoms with van der Waals surface area (Å²) in [6.07, 6.45) is -0.766. The minimum absolute atomic E-state index is 0.101. The standard InChI is InChI=1S/C48H48ClN8O6P/c1-34(2)44(58)52-46-51-43-42(45(53-46)63-47(59)57(38-26-16-8-17-27-38)39-28-18-9-19-29-39)50-33-56(43)41-31-55(30-40(62-41)32-61-64(49,60)54(3)4)48(35-20-10-5-11-21-35,36-22-12-6-13-23-36)37-24-14-7-15-25-37/h5-29,33-34,40-41H,30-32H2,1-4H3,(H,51,52,53,58)/t40-,41+,64?/m0/s1. The monoisotopic (exact) mass is 898 g/mol. The van der Waals surface area contributed by atoms with Gasteiger partial charge in [0.1, 0.15) is 6.23 Å². The van der Waals surface area contributed by atoms with Crippen LogP contribution in [-0.2, 0) is 24.2 Å². The Bertz CT molecular complexity index is 2600. The number of hydrogen-bond donors (Lipinski definition) is 1. The van der Waals surface area contributed by atoms with Gasteiger partial charge in [0.2, 0.25) is 11.9 Å². The second-order valence-electron chi connectivity index (χ2n) is 15.7. The molecule has 1 fully saturated rings. The van der Waals surface area contributed by atoms with Gasteiger partial charge in [0, 0.05) is 19.0 Å². The van der Waals surface area contributed by atoms with Gasteiger partial charge in [0.15, 0.2) is 11.2 Å². The number of rotatable bonds is 14. The largest absolute Gasteiger partial charge is 0.425 e. The van der Waals surface area contributed by atoms with E-state index in [2.05, 4.69) is 51.6 Å². The van der Waals surface area contributed by atoms with Crippen LogP contribution in [0.2, 0.25) is 0 Å². The van der Waals surface area contributed by atoms with Crippen LogP contribution in [0.5, 0.6) is 5.88 Å². The molecule has 2 aromatic heterocycles. The molecule has 0 saturated carbocycles. The molecule has 0 bridgehead atoms. The summed E-state index contributed by atoms with van der Waals surface area (Å²) in [7, 11) is 3.18. The number of carbonyl (C=O) groups excluding carboxylic acids is 2.